The summed E-state index contributed by atoms with van der Waals surface area (Å²) in [6, 6.07) is 14.9. The molecule has 0 spiro atoms. The normalized spacial score (nSPS) is 12.4. The molecule has 168 valence electrons. The van der Waals surface area contributed by atoms with Gasteiger partial charge in [-0.15, -0.1) is 0 Å². The first-order valence-corrected chi connectivity index (χ1v) is 10.5. The molecule has 6 nitrogen and oxygen atoms in total. The van der Waals surface area contributed by atoms with Gasteiger partial charge in [0.1, 0.15) is 12.4 Å². The number of carbonyl (C=O) groups is 2. The molecule has 0 amide bonds. The van der Waals surface area contributed by atoms with Gasteiger partial charge in [0.05, 0.1) is 27.1 Å². The molecule has 0 N–H and O–H groups in total. The largest absolute Gasteiger partial charge is 0.518 e. The zero-order valence-corrected chi connectivity index (χ0v) is 19.4. The van der Waals surface area contributed by atoms with E-state index in [1.807, 2.05) is 40.2 Å². The molecule has 0 aliphatic carbocycles. The van der Waals surface area contributed by atoms with E-state index >= 15 is 0 Å². The predicted molar refractivity (Wildman–Crippen MR) is 120 cm³/mol. The number of hydrogen-bond donors (Lipinski definition) is 0. The van der Waals surface area contributed by atoms with Gasteiger partial charge in [0.15, 0.2) is 0 Å². The van der Waals surface area contributed by atoms with E-state index in [-0.39, 0.29) is 25.2 Å². The molecular weight excluding hydrogens is 394 g/mol. The van der Waals surface area contributed by atoms with Gasteiger partial charge in [-0.2, -0.15) is 0 Å². The summed E-state index contributed by atoms with van der Waals surface area (Å²) < 4.78 is 16.1. The lowest BCUT2D eigenvalue weighted by Gasteiger charge is -2.22. The third-order valence-corrected chi connectivity index (χ3v) is 4.55. The SMILES string of the molecule is CC(C)Cc1ccc(C(C)C(=O)OCc2ccc(OC(=O)OC[N+](C)(C)C)cc2)cc1. The van der Waals surface area contributed by atoms with E-state index in [1.54, 1.807) is 24.3 Å². The Morgan fingerprint density at radius 3 is 1.97 bits per heavy atom. The first kappa shape index (κ1) is 24.4. The van der Waals surface area contributed by atoms with E-state index in [0.29, 0.717) is 16.2 Å². The maximum Gasteiger partial charge on any atom is 0.518 e. The van der Waals surface area contributed by atoms with E-state index in [9.17, 15) is 9.59 Å². The average Bonchev–Trinajstić information content (AvgIpc) is 2.70. The molecular formula is C25H34NO5+. The van der Waals surface area contributed by atoms with E-state index in [2.05, 4.69) is 26.0 Å². The lowest BCUT2D eigenvalue weighted by atomic mass is 9.97. The smallest absolute Gasteiger partial charge is 0.460 e. The highest BCUT2D eigenvalue weighted by Crippen LogP contribution is 2.20. The minimum atomic E-state index is -0.750. The van der Waals surface area contributed by atoms with Crippen LogP contribution in [-0.2, 0) is 27.3 Å². The first-order valence-electron chi connectivity index (χ1n) is 10.5. The molecule has 2 aromatic rings. The van der Waals surface area contributed by atoms with Gasteiger partial charge < -0.3 is 14.2 Å². The zero-order valence-electron chi connectivity index (χ0n) is 19.4. The Bertz CT molecular complexity index is 851. The molecule has 0 saturated carbocycles. The Hall–Kier alpha value is -2.86. The lowest BCUT2D eigenvalue weighted by Crippen LogP contribution is -2.38. The number of nitrogens with zero attached hydrogens (tertiary/aromatic N) is 1. The van der Waals surface area contributed by atoms with Crippen molar-refractivity contribution in [2.75, 3.05) is 27.9 Å². The minimum absolute atomic E-state index is 0.154. The third kappa shape index (κ3) is 8.80. The van der Waals surface area contributed by atoms with Crippen LogP contribution in [0.5, 0.6) is 5.75 Å². The summed E-state index contributed by atoms with van der Waals surface area (Å²) in [5.74, 6) is 0.349. The summed E-state index contributed by atoms with van der Waals surface area (Å²) in [6.07, 6.45) is 0.271. The van der Waals surface area contributed by atoms with Crippen LogP contribution in [0.2, 0.25) is 0 Å². The molecule has 0 aliphatic heterocycles. The molecule has 2 aromatic carbocycles. The van der Waals surface area contributed by atoms with Crippen molar-refractivity contribution in [2.24, 2.45) is 5.92 Å². The predicted octanol–water partition coefficient (Wildman–Crippen LogP) is 4.91. The fourth-order valence-electron chi connectivity index (χ4n) is 2.86. The molecule has 6 heteroatoms. The van der Waals surface area contributed by atoms with Gasteiger partial charge in [0.25, 0.3) is 0 Å². The standard InChI is InChI=1S/C25H34NO5/c1-18(2)15-20-7-11-22(12-8-20)19(3)24(27)29-16-21-9-13-23(14-10-21)31-25(28)30-17-26(4,5)6/h7-14,18-19H,15-17H2,1-6H3/q+1. The van der Waals surface area contributed by atoms with Gasteiger partial charge in [0, 0.05) is 0 Å². The number of carbonyl (C=O) groups excluding carboxylic acids is 2. The molecule has 1 unspecified atom stereocenters. The molecule has 1 atom stereocenters. The van der Waals surface area contributed by atoms with E-state index in [0.717, 1.165) is 17.5 Å². The summed E-state index contributed by atoms with van der Waals surface area (Å²) in [7, 11) is 5.73. The molecule has 0 saturated heterocycles. The van der Waals surface area contributed by atoms with Crippen LogP contribution in [0, 0.1) is 5.92 Å². The maximum atomic E-state index is 12.4. The highest BCUT2D eigenvalue weighted by atomic mass is 16.7. The Labute approximate surface area is 185 Å². The van der Waals surface area contributed by atoms with Crippen LogP contribution in [0.1, 0.15) is 43.4 Å². The van der Waals surface area contributed by atoms with Crippen LogP contribution in [0.4, 0.5) is 4.79 Å². The van der Waals surface area contributed by atoms with Crippen molar-refractivity contribution < 1.29 is 28.3 Å². The fourth-order valence-corrected chi connectivity index (χ4v) is 2.86. The van der Waals surface area contributed by atoms with E-state index < -0.39 is 6.16 Å². The van der Waals surface area contributed by atoms with Crippen LogP contribution in [0.25, 0.3) is 0 Å². The quantitative estimate of drug-likeness (QED) is 0.246. The van der Waals surface area contributed by atoms with Crippen molar-refractivity contribution in [1.29, 1.82) is 0 Å². The molecule has 0 aromatic heterocycles. The van der Waals surface area contributed by atoms with Crippen molar-refractivity contribution in [2.45, 2.75) is 39.7 Å². The maximum absolute atomic E-state index is 12.4. The Balaban J connectivity index is 1.82. The van der Waals surface area contributed by atoms with Crippen molar-refractivity contribution in [3.63, 3.8) is 0 Å². The highest BCUT2D eigenvalue weighted by molar-refractivity contribution is 5.77. The summed E-state index contributed by atoms with van der Waals surface area (Å²) >= 11 is 0. The summed E-state index contributed by atoms with van der Waals surface area (Å²) in [6.45, 7) is 6.58. The minimum Gasteiger partial charge on any atom is -0.460 e. The van der Waals surface area contributed by atoms with Gasteiger partial charge in [0.2, 0.25) is 6.73 Å². The van der Waals surface area contributed by atoms with E-state index in [1.165, 1.54) is 5.56 Å². The van der Waals surface area contributed by atoms with Crippen molar-refractivity contribution in [1.82, 2.24) is 0 Å². The second kappa shape index (κ2) is 11.0. The van der Waals surface area contributed by atoms with Crippen molar-refractivity contribution >= 4 is 12.1 Å². The molecule has 0 fully saturated rings. The number of quaternary nitrogens is 1. The number of benzene rings is 2. The van der Waals surface area contributed by atoms with Crippen LogP contribution in [-0.4, -0.2) is 44.5 Å². The second-order valence-corrected chi connectivity index (χ2v) is 9.23. The Morgan fingerprint density at radius 1 is 0.839 bits per heavy atom. The summed E-state index contributed by atoms with van der Waals surface area (Å²) in [4.78, 5) is 24.2. The number of esters is 1. The molecule has 31 heavy (non-hydrogen) atoms. The van der Waals surface area contributed by atoms with Crippen LogP contribution in [0.3, 0.4) is 0 Å². The second-order valence-electron chi connectivity index (χ2n) is 9.23. The summed E-state index contributed by atoms with van der Waals surface area (Å²) in [5, 5.41) is 0. The number of ether oxygens (including phenoxy) is 3. The van der Waals surface area contributed by atoms with Crippen LogP contribution >= 0.6 is 0 Å². The molecule has 2 rings (SSSR count). The zero-order chi connectivity index (χ0) is 23.0. The van der Waals surface area contributed by atoms with Crippen molar-refractivity contribution in [3.8, 4) is 5.75 Å². The average molecular weight is 429 g/mol. The third-order valence-electron chi connectivity index (χ3n) is 4.55. The van der Waals surface area contributed by atoms with E-state index in [4.69, 9.17) is 14.2 Å². The monoisotopic (exact) mass is 428 g/mol. The highest BCUT2D eigenvalue weighted by Gasteiger charge is 2.17. The van der Waals surface area contributed by atoms with Crippen molar-refractivity contribution in [3.05, 3.63) is 65.2 Å². The number of hydrogen-bond acceptors (Lipinski definition) is 5. The molecule has 0 aliphatic rings. The van der Waals surface area contributed by atoms with Gasteiger partial charge in [-0.25, -0.2) is 4.79 Å². The van der Waals surface area contributed by atoms with Gasteiger partial charge in [-0.1, -0.05) is 50.2 Å². The summed E-state index contributed by atoms with van der Waals surface area (Å²) in [5.41, 5.74) is 3.01. The van der Waals surface area contributed by atoms with Crippen LogP contribution < -0.4 is 4.74 Å². The molecule has 0 heterocycles. The molecule has 0 bridgehead atoms. The van der Waals surface area contributed by atoms with Gasteiger partial charge in [-0.3, -0.25) is 9.28 Å². The van der Waals surface area contributed by atoms with Crippen LogP contribution in [0.15, 0.2) is 48.5 Å². The topological polar surface area (TPSA) is 61.8 Å². The molecule has 0 radical (unpaired) electrons. The van der Waals surface area contributed by atoms with Gasteiger partial charge >= 0.3 is 12.1 Å². The Kier molecular flexibility index (Phi) is 8.63. The Morgan fingerprint density at radius 2 is 1.42 bits per heavy atom. The lowest BCUT2D eigenvalue weighted by molar-refractivity contribution is -0.888. The first-order chi connectivity index (χ1) is 14.5. The number of rotatable bonds is 9. The van der Waals surface area contributed by atoms with Gasteiger partial charge in [-0.05, 0) is 48.1 Å². The fraction of sp³-hybridized carbons (Fsp3) is 0.440.